The largest absolute Gasteiger partial charge is 0.393 e. The molecular formula is C13H25NOS. The molecule has 0 spiro atoms. The van der Waals surface area contributed by atoms with Crippen molar-refractivity contribution in [3.05, 3.63) is 0 Å². The Bertz CT molecular complexity index is 222. The first-order valence-corrected chi connectivity index (χ1v) is 6.91. The molecule has 0 aromatic carbocycles. The Hall–Kier alpha value is -0.150. The molecule has 1 saturated carbocycles. The monoisotopic (exact) mass is 243 g/mol. The number of unbranched alkanes of at least 4 members (excludes halogenated alkanes) is 2. The van der Waals surface area contributed by atoms with Gasteiger partial charge in [0, 0.05) is 12.5 Å². The molecule has 1 rings (SSSR count). The number of hydrogen-bond donors (Lipinski definition) is 1. The van der Waals surface area contributed by atoms with E-state index in [1.54, 1.807) is 0 Å². The Kier molecular flexibility index (Phi) is 5.70. The first-order valence-electron chi connectivity index (χ1n) is 6.50. The second-order valence-corrected chi connectivity index (χ2v) is 5.65. The van der Waals surface area contributed by atoms with Gasteiger partial charge in [-0.3, -0.25) is 0 Å². The van der Waals surface area contributed by atoms with Crippen molar-refractivity contribution in [2.24, 2.45) is 11.7 Å². The van der Waals surface area contributed by atoms with Gasteiger partial charge in [0.15, 0.2) is 0 Å². The highest BCUT2D eigenvalue weighted by atomic mass is 32.1. The molecule has 2 N–H and O–H groups in total. The predicted octanol–water partition coefficient (Wildman–Crippen LogP) is 3.43. The van der Waals surface area contributed by atoms with Crippen molar-refractivity contribution in [2.45, 2.75) is 64.4 Å². The van der Waals surface area contributed by atoms with Gasteiger partial charge in [0.2, 0.25) is 0 Å². The molecule has 0 radical (unpaired) electrons. The maximum atomic E-state index is 6.02. The quantitative estimate of drug-likeness (QED) is 0.573. The summed E-state index contributed by atoms with van der Waals surface area (Å²) in [6, 6.07) is 0. The van der Waals surface area contributed by atoms with Gasteiger partial charge < -0.3 is 10.5 Å². The summed E-state index contributed by atoms with van der Waals surface area (Å²) in [5.74, 6) is 0.447. The third-order valence-electron chi connectivity index (χ3n) is 3.64. The average molecular weight is 243 g/mol. The maximum Gasteiger partial charge on any atom is 0.0758 e. The van der Waals surface area contributed by atoms with E-state index < -0.39 is 0 Å². The van der Waals surface area contributed by atoms with Gasteiger partial charge in [-0.1, -0.05) is 32.0 Å². The molecule has 0 amide bonds. The van der Waals surface area contributed by atoms with E-state index in [0.29, 0.717) is 10.9 Å². The van der Waals surface area contributed by atoms with Crippen LogP contribution in [-0.4, -0.2) is 17.2 Å². The molecule has 94 valence electrons. The first-order chi connectivity index (χ1) is 7.57. The Morgan fingerprint density at radius 2 is 2.00 bits per heavy atom. The van der Waals surface area contributed by atoms with Crippen LogP contribution in [0.25, 0.3) is 0 Å². The van der Waals surface area contributed by atoms with Crippen LogP contribution in [0.5, 0.6) is 0 Å². The Labute approximate surface area is 105 Å². The second kappa shape index (κ2) is 6.55. The standard InChI is InChI=1S/C13H25NOS/c1-3-4-5-10-15-13(2)8-6-11(7-9-13)12(14)16/h11H,3-10H2,1-2H3,(H2,14,16). The molecule has 0 unspecified atom stereocenters. The van der Waals surface area contributed by atoms with E-state index >= 15 is 0 Å². The van der Waals surface area contributed by atoms with Crippen LogP contribution >= 0.6 is 12.2 Å². The lowest BCUT2D eigenvalue weighted by Crippen LogP contribution is -2.37. The van der Waals surface area contributed by atoms with E-state index in [9.17, 15) is 0 Å². The van der Waals surface area contributed by atoms with E-state index in [4.69, 9.17) is 22.7 Å². The van der Waals surface area contributed by atoms with Crippen LogP contribution in [0.1, 0.15) is 58.8 Å². The smallest absolute Gasteiger partial charge is 0.0758 e. The molecule has 0 atom stereocenters. The fourth-order valence-electron chi connectivity index (χ4n) is 2.33. The van der Waals surface area contributed by atoms with E-state index in [1.807, 2.05) is 0 Å². The number of nitrogens with two attached hydrogens (primary N) is 1. The molecule has 0 saturated heterocycles. The summed E-state index contributed by atoms with van der Waals surface area (Å²) in [7, 11) is 0. The summed E-state index contributed by atoms with van der Waals surface area (Å²) in [5.41, 5.74) is 5.76. The number of thiocarbonyl (C=S) groups is 1. The van der Waals surface area contributed by atoms with Crippen molar-refractivity contribution in [3.63, 3.8) is 0 Å². The van der Waals surface area contributed by atoms with E-state index in [1.165, 1.54) is 19.3 Å². The summed E-state index contributed by atoms with van der Waals surface area (Å²) in [4.78, 5) is 0.688. The molecule has 2 nitrogen and oxygen atoms in total. The highest BCUT2D eigenvalue weighted by molar-refractivity contribution is 7.80. The zero-order chi connectivity index (χ0) is 12.0. The van der Waals surface area contributed by atoms with Crippen molar-refractivity contribution in [1.82, 2.24) is 0 Å². The maximum absolute atomic E-state index is 6.02. The van der Waals surface area contributed by atoms with Crippen LogP contribution in [-0.2, 0) is 4.74 Å². The summed E-state index contributed by atoms with van der Waals surface area (Å²) >= 11 is 5.05. The molecule has 0 aromatic rings. The van der Waals surface area contributed by atoms with Crippen molar-refractivity contribution >= 4 is 17.2 Å². The molecule has 1 fully saturated rings. The van der Waals surface area contributed by atoms with Gasteiger partial charge in [0.25, 0.3) is 0 Å². The zero-order valence-electron chi connectivity index (χ0n) is 10.6. The van der Waals surface area contributed by atoms with Crippen molar-refractivity contribution in [3.8, 4) is 0 Å². The summed E-state index contributed by atoms with van der Waals surface area (Å²) in [5, 5.41) is 0. The lowest BCUT2D eigenvalue weighted by Gasteiger charge is -2.37. The fourth-order valence-corrected chi connectivity index (χ4v) is 2.56. The molecule has 0 heterocycles. The Balaban J connectivity index is 2.24. The highest BCUT2D eigenvalue weighted by Gasteiger charge is 2.32. The van der Waals surface area contributed by atoms with E-state index in [2.05, 4.69) is 13.8 Å². The average Bonchev–Trinajstić information content (AvgIpc) is 2.25. The van der Waals surface area contributed by atoms with Crippen LogP contribution in [0.15, 0.2) is 0 Å². The van der Waals surface area contributed by atoms with Gasteiger partial charge in [-0.05, 0) is 39.0 Å². The molecule has 16 heavy (non-hydrogen) atoms. The van der Waals surface area contributed by atoms with E-state index in [0.717, 1.165) is 32.3 Å². The van der Waals surface area contributed by atoms with Crippen LogP contribution < -0.4 is 5.73 Å². The third kappa shape index (κ3) is 4.38. The molecule has 0 aliphatic heterocycles. The minimum atomic E-state index is 0.0784. The van der Waals surface area contributed by atoms with Gasteiger partial charge in [-0.2, -0.15) is 0 Å². The molecular weight excluding hydrogens is 218 g/mol. The number of hydrogen-bond acceptors (Lipinski definition) is 2. The highest BCUT2D eigenvalue weighted by Crippen LogP contribution is 2.34. The predicted molar refractivity (Wildman–Crippen MR) is 72.6 cm³/mol. The van der Waals surface area contributed by atoms with Gasteiger partial charge >= 0.3 is 0 Å². The second-order valence-electron chi connectivity index (χ2n) is 5.18. The fraction of sp³-hybridized carbons (Fsp3) is 0.923. The lowest BCUT2D eigenvalue weighted by atomic mass is 9.80. The van der Waals surface area contributed by atoms with Crippen molar-refractivity contribution in [2.75, 3.05) is 6.61 Å². The van der Waals surface area contributed by atoms with Crippen LogP contribution in [0.3, 0.4) is 0 Å². The molecule has 0 aromatic heterocycles. The molecule has 1 aliphatic rings. The van der Waals surface area contributed by atoms with Gasteiger partial charge in [-0.25, -0.2) is 0 Å². The minimum Gasteiger partial charge on any atom is -0.393 e. The SMILES string of the molecule is CCCCCOC1(C)CCC(C(N)=S)CC1. The van der Waals surface area contributed by atoms with Gasteiger partial charge in [0.05, 0.1) is 10.6 Å². The summed E-state index contributed by atoms with van der Waals surface area (Å²) < 4.78 is 6.02. The lowest BCUT2D eigenvalue weighted by molar-refractivity contribution is -0.0612. The van der Waals surface area contributed by atoms with Crippen molar-refractivity contribution in [1.29, 1.82) is 0 Å². The summed E-state index contributed by atoms with van der Waals surface area (Å²) in [6.45, 7) is 5.35. The summed E-state index contributed by atoms with van der Waals surface area (Å²) in [6.07, 6.45) is 8.10. The van der Waals surface area contributed by atoms with Crippen LogP contribution in [0, 0.1) is 5.92 Å². The molecule has 0 bridgehead atoms. The van der Waals surface area contributed by atoms with Crippen LogP contribution in [0.4, 0.5) is 0 Å². The first kappa shape index (κ1) is 13.9. The van der Waals surface area contributed by atoms with Gasteiger partial charge in [0.1, 0.15) is 0 Å². The molecule has 1 aliphatic carbocycles. The van der Waals surface area contributed by atoms with Gasteiger partial charge in [-0.15, -0.1) is 0 Å². The van der Waals surface area contributed by atoms with E-state index in [-0.39, 0.29) is 5.60 Å². The number of ether oxygens (including phenoxy) is 1. The van der Waals surface area contributed by atoms with Crippen LogP contribution in [0.2, 0.25) is 0 Å². The zero-order valence-corrected chi connectivity index (χ0v) is 11.4. The molecule has 3 heteroatoms. The van der Waals surface area contributed by atoms with Crippen molar-refractivity contribution < 1.29 is 4.74 Å². The Morgan fingerprint density at radius 3 is 2.50 bits per heavy atom. The third-order valence-corrected chi connectivity index (χ3v) is 3.98. The normalized spacial score (nSPS) is 30.2. The minimum absolute atomic E-state index is 0.0784. The Morgan fingerprint density at radius 1 is 1.38 bits per heavy atom. The number of rotatable bonds is 6. The topological polar surface area (TPSA) is 35.2 Å².